The van der Waals surface area contributed by atoms with Crippen molar-refractivity contribution in [2.45, 2.75) is 51.5 Å². The maximum absolute atomic E-state index is 12.0. The van der Waals surface area contributed by atoms with Gasteiger partial charge in [0.25, 0.3) is 0 Å². The molecule has 16 heavy (non-hydrogen) atoms. The van der Waals surface area contributed by atoms with E-state index in [0.717, 1.165) is 12.8 Å². The minimum absolute atomic E-state index is 0.0554. The van der Waals surface area contributed by atoms with Gasteiger partial charge in [0.15, 0.2) is 0 Å². The maximum Gasteiger partial charge on any atom is 0.224 e. The van der Waals surface area contributed by atoms with Crippen molar-refractivity contribution in [2.75, 3.05) is 0 Å². The molecule has 0 radical (unpaired) electrons. The molecule has 2 nitrogen and oxygen atoms in total. The molecule has 0 aromatic carbocycles. The minimum Gasteiger partial charge on any atom is -0.342 e. The first-order valence-electron chi connectivity index (χ1n) is 6.54. The number of nitrogens with one attached hydrogen (secondary N) is 1. The van der Waals surface area contributed by atoms with Gasteiger partial charge in [0.2, 0.25) is 5.91 Å². The third kappa shape index (κ3) is 2.24. The second-order valence-electron chi connectivity index (χ2n) is 5.15. The highest BCUT2D eigenvalue weighted by atomic mass is 16.2. The summed E-state index contributed by atoms with van der Waals surface area (Å²) >= 11 is 0. The summed E-state index contributed by atoms with van der Waals surface area (Å²) < 4.78 is 0. The molecule has 2 fully saturated rings. The van der Waals surface area contributed by atoms with Crippen LogP contribution < -0.4 is 5.32 Å². The molecule has 0 heterocycles. The largest absolute Gasteiger partial charge is 0.342 e. The highest BCUT2D eigenvalue weighted by molar-refractivity contribution is 5.82. The number of hydrogen-bond acceptors (Lipinski definition) is 1. The zero-order valence-electron chi connectivity index (χ0n) is 10.0. The van der Waals surface area contributed by atoms with Gasteiger partial charge in [-0.3, -0.25) is 4.79 Å². The van der Waals surface area contributed by atoms with E-state index in [9.17, 15) is 4.79 Å². The smallest absolute Gasteiger partial charge is 0.224 e. The van der Waals surface area contributed by atoms with Gasteiger partial charge in [-0.1, -0.05) is 32.1 Å². The molecule has 0 saturated heterocycles. The molecule has 2 heteroatoms. The molecular formula is C14H21NO. The lowest BCUT2D eigenvalue weighted by molar-refractivity contribution is -0.123. The Morgan fingerprint density at radius 2 is 2.06 bits per heavy atom. The Kier molecular flexibility index (Phi) is 3.53. The van der Waals surface area contributed by atoms with E-state index in [-0.39, 0.29) is 17.9 Å². The second kappa shape index (κ2) is 4.91. The molecule has 2 aliphatic carbocycles. The number of carbonyl (C=O) groups excluding carboxylic acids is 1. The Morgan fingerprint density at radius 3 is 2.56 bits per heavy atom. The zero-order chi connectivity index (χ0) is 11.5. The molecule has 88 valence electrons. The van der Waals surface area contributed by atoms with Crippen LogP contribution in [0.4, 0.5) is 0 Å². The lowest BCUT2D eigenvalue weighted by atomic mass is 10.0. The van der Waals surface area contributed by atoms with Gasteiger partial charge in [-0.15, -0.1) is 6.42 Å². The van der Waals surface area contributed by atoms with Gasteiger partial charge in [-0.05, 0) is 31.1 Å². The molecule has 2 aliphatic rings. The SMILES string of the molecule is C#CC(CCC)NC(=O)C1C2CCCCC21. The zero-order valence-corrected chi connectivity index (χ0v) is 10.0. The van der Waals surface area contributed by atoms with E-state index in [1.165, 1.54) is 25.7 Å². The van der Waals surface area contributed by atoms with Crippen molar-refractivity contribution < 1.29 is 4.79 Å². The quantitative estimate of drug-likeness (QED) is 0.722. The van der Waals surface area contributed by atoms with Crippen molar-refractivity contribution in [3.8, 4) is 12.3 Å². The van der Waals surface area contributed by atoms with Crippen LogP contribution in [0, 0.1) is 30.1 Å². The summed E-state index contributed by atoms with van der Waals surface area (Å²) in [6.45, 7) is 2.09. The fraction of sp³-hybridized carbons (Fsp3) is 0.786. The summed E-state index contributed by atoms with van der Waals surface area (Å²) in [5.74, 6) is 4.52. The van der Waals surface area contributed by atoms with E-state index in [1.54, 1.807) is 0 Å². The molecule has 3 unspecified atom stereocenters. The van der Waals surface area contributed by atoms with E-state index >= 15 is 0 Å². The standard InChI is InChI=1S/C14H21NO/c1-3-7-10(4-2)15-14(16)13-11-8-5-6-9-12(11)13/h2,10-13H,3,5-9H2,1H3,(H,15,16). The lowest BCUT2D eigenvalue weighted by Crippen LogP contribution is -2.35. The van der Waals surface area contributed by atoms with Crippen LogP contribution in [-0.2, 0) is 4.79 Å². The molecule has 1 N–H and O–H groups in total. The first kappa shape index (κ1) is 11.5. The molecule has 0 aromatic heterocycles. The topological polar surface area (TPSA) is 29.1 Å². The lowest BCUT2D eigenvalue weighted by Gasteiger charge is -2.11. The van der Waals surface area contributed by atoms with Gasteiger partial charge < -0.3 is 5.32 Å². The highest BCUT2D eigenvalue weighted by Crippen LogP contribution is 2.55. The van der Waals surface area contributed by atoms with Crippen LogP contribution in [0.15, 0.2) is 0 Å². The van der Waals surface area contributed by atoms with E-state index in [1.807, 2.05) is 0 Å². The highest BCUT2D eigenvalue weighted by Gasteiger charge is 2.54. The number of fused-ring (bicyclic) bond motifs is 1. The van der Waals surface area contributed by atoms with Crippen LogP contribution in [0.1, 0.15) is 45.4 Å². The van der Waals surface area contributed by atoms with Gasteiger partial charge in [0.05, 0.1) is 6.04 Å². The summed E-state index contributed by atoms with van der Waals surface area (Å²) in [6.07, 6.45) is 12.4. The number of rotatable bonds is 4. The summed E-state index contributed by atoms with van der Waals surface area (Å²) in [7, 11) is 0. The third-order valence-corrected chi connectivity index (χ3v) is 4.05. The first-order chi connectivity index (χ1) is 7.77. The maximum atomic E-state index is 12.0. The van der Waals surface area contributed by atoms with Gasteiger partial charge in [0, 0.05) is 5.92 Å². The van der Waals surface area contributed by atoms with Crippen LogP contribution in [0.2, 0.25) is 0 Å². The first-order valence-corrected chi connectivity index (χ1v) is 6.54. The Hall–Kier alpha value is -0.970. The van der Waals surface area contributed by atoms with E-state index < -0.39 is 0 Å². The van der Waals surface area contributed by atoms with Crippen LogP contribution in [0.3, 0.4) is 0 Å². The van der Waals surface area contributed by atoms with Crippen LogP contribution in [-0.4, -0.2) is 11.9 Å². The van der Waals surface area contributed by atoms with Gasteiger partial charge in [0.1, 0.15) is 0 Å². The number of carbonyl (C=O) groups is 1. The molecule has 0 bridgehead atoms. The minimum atomic E-state index is -0.0554. The normalized spacial score (nSPS) is 33.4. The Balaban J connectivity index is 1.82. The summed E-state index contributed by atoms with van der Waals surface area (Å²) in [5.41, 5.74) is 0. The van der Waals surface area contributed by atoms with E-state index in [0.29, 0.717) is 11.8 Å². The van der Waals surface area contributed by atoms with Crippen molar-refractivity contribution in [1.82, 2.24) is 5.32 Å². The molecule has 0 spiro atoms. The number of amides is 1. The molecule has 2 rings (SSSR count). The van der Waals surface area contributed by atoms with Crippen molar-refractivity contribution in [3.05, 3.63) is 0 Å². The molecule has 2 saturated carbocycles. The van der Waals surface area contributed by atoms with Crippen molar-refractivity contribution >= 4 is 5.91 Å². The average Bonchev–Trinajstić information content (AvgIpc) is 3.02. The fourth-order valence-electron chi connectivity index (χ4n) is 3.14. The predicted molar refractivity (Wildman–Crippen MR) is 64.6 cm³/mol. The third-order valence-electron chi connectivity index (χ3n) is 4.05. The predicted octanol–water partition coefficient (Wildman–Crippen LogP) is 2.34. The summed E-state index contributed by atoms with van der Waals surface area (Å²) in [4.78, 5) is 12.0. The number of hydrogen-bond donors (Lipinski definition) is 1. The molecule has 0 aliphatic heterocycles. The monoisotopic (exact) mass is 219 g/mol. The molecule has 1 amide bonds. The van der Waals surface area contributed by atoms with Crippen molar-refractivity contribution in [1.29, 1.82) is 0 Å². The molecule has 0 aromatic rings. The van der Waals surface area contributed by atoms with E-state index in [2.05, 4.69) is 18.2 Å². The van der Waals surface area contributed by atoms with Crippen LogP contribution in [0.5, 0.6) is 0 Å². The van der Waals surface area contributed by atoms with E-state index in [4.69, 9.17) is 6.42 Å². The Labute approximate surface area is 98.2 Å². The molecule has 3 atom stereocenters. The van der Waals surface area contributed by atoms with Crippen molar-refractivity contribution in [3.63, 3.8) is 0 Å². The summed E-state index contributed by atoms with van der Waals surface area (Å²) in [6, 6.07) is -0.0554. The fourth-order valence-corrected chi connectivity index (χ4v) is 3.14. The van der Waals surface area contributed by atoms with Gasteiger partial charge in [-0.2, -0.15) is 0 Å². The summed E-state index contributed by atoms with van der Waals surface area (Å²) in [5, 5.41) is 3.01. The number of terminal acetylenes is 1. The molecular weight excluding hydrogens is 198 g/mol. The second-order valence-corrected chi connectivity index (χ2v) is 5.15. The van der Waals surface area contributed by atoms with Crippen molar-refractivity contribution in [2.24, 2.45) is 17.8 Å². The average molecular weight is 219 g/mol. The van der Waals surface area contributed by atoms with Crippen LogP contribution in [0.25, 0.3) is 0 Å². The Morgan fingerprint density at radius 1 is 1.44 bits per heavy atom. The van der Waals surface area contributed by atoms with Gasteiger partial charge in [-0.25, -0.2) is 0 Å². The van der Waals surface area contributed by atoms with Crippen LogP contribution >= 0.6 is 0 Å². The Bertz CT molecular complexity index is 292. The van der Waals surface area contributed by atoms with Gasteiger partial charge >= 0.3 is 0 Å².